The van der Waals surface area contributed by atoms with Crippen molar-refractivity contribution in [1.29, 1.82) is 0 Å². The first-order valence-corrected chi connectivity index (χ1v) is 8.14. The Bertz CT molecular complexity index is 872. The zero-order chi connectivity index (χ0) is 15.0. The Kier molecular flexibility index (Phi) is 3.97. The van der Waals surface area contributed by atoms with Gasteiger partial charge in [0.25, 0.3) is 5.56 Å². The molecule has 0 aliphatic heterocycles. The zero-order valence-corrected chi connectivity index (χ0v) is 13.4. The summed E-state index contributed by atoms with van der Waals surface area (Å²) in [4.78, 5) is 22.1. The van der Waals surface area contributed by atoms with Crippen molar-refractivity contribution in [3.05, 3.63) is 55.9 Å². The molecule has 3 aromatic rings. The number of halogens is 2. The van der Waals surface area contributed by atoms with E-state index < -0.39 is 0 Å². The van der Waals surface area contributed by atoms with Crippen molar-refractivity contribution < 1.29 is 0 Å². The van der Waals surface area contributed by atoms with Gasteiger partial charge in [-0.2, -0.15) is 0 Å². The first-order valence-electron chi connectivity index (χ1n) is 6.16. The number of thioether (sulfide) groups is 1. The van der Waals surface area contributed by atoms with Crippen molar-refractivity contribution >= 4 is 46.0 Å². The van der Waals surface area contributed by atoms with Gasteiger partial charge in [0.1, 0.15) is 11.0 Å². The molecule has 4 nitrogen and oxygen atoms in total. The van der Waals surface area contributed by atoms with Gasteiger partial charge in [-0.15, -0.1) is 0 Å². The van der Waals surface area contributed by atoms with Crippen molar-refractivity contribution in [3.63, 3.8) is 0 Å². The highest BCUT2D eigenvalue weighted by atomic mass is 35.5. The number of rotatable bonds is 3. The van der Waals surface area contributed by atoms with Crippen molar-refractivity contribution in [1.82, 2.24) is 15.0 Å². The number of hydrogen-bond donors (Lipinski definition) is 2. The Morgan fingerprint density at radius 1 is 1.29 bits per heavy atom. The summed E-state index contributed by atoms with van der Waals surface area (Å²) in [7, 11) is 0. The molecule has 2 N–H and O–H groups in total. The molecule has 3 rings (SSSR count). The van der Waals surface area contributed by atoms with E-state index in [-0.39, 0.29) is 5.56 Å². The lowest BCUT2D eigenvalue weighted by Crippen LogP contribution is -2.08. The van der Waals surface area contributed by atoms with E-state index in [1.165, 1.54) is 11.8 Å². The van der Waals surface area contributed by atoms with Gasteiger partial charge < -0.3 is 4.98 Å². The molecule has 2 heterocycles. The molecule has 0 saturated carbocycles. The van der Waals surface area contributed by atoms with Gasteiger partial charge in [0.15, 0.2) is 5.16 Å². The fourth-order valence-corrected chi connectivity index (χ4v) is 2.85. The van der Waals surface area contributed by atoms with Crippen molar-refractivity contribution in [2.75, 3.05) is 6.26 Å². The predicted molar refractivity (Wildman–Crippen MR) is 87.8 cm³/mol. The minimum atomic E-state index is -0.162. The number of nitrogens with one attached hydrogen (secondary N) is 2. The Balaban J connectivity index is 2.06. The minimum absolute atomic E-state index is 0.162. The van der Waals surface area contributed by atoms with Crippen LogP contribution in [-0.2, 0) is 6.42 Å². The molecule has 0 atom stereocenters. The SMILES string of the molecule is CSc1nc2c(Cc3ccc(Cl)c(Cl)c3)c[nH]c2c(=O)[nH]1. The number of H-pyrrole nitrogens is 2. The molecule has 0 amide bonds. The summed E-state index contributed by atoms with van der Waals surface area (Å²) >= 11 is 13.4. The van der Waals surface area contributed by atoms with Crippen LogP contribution in [0.1, 0.15) is 11.1 Å². The minimum Gasteiger partial charge on any atom is -0.355 e. The third-order valence-electron chi connectivity index (χ3n) is 3.16. The van der Waals surface area contributed by atoms with Gasteiger partial charge >= 0.3 is 0 Å². The summed E-state index contributed by atoms with van der Waals surface area (Å²) in [5, 5.41) is 1.64. The largest absolute Gasteiger partial charge is 0.355 e. The molecule has 21 heavy (non-hydrogen) atoms. The summed E-state index contributed by atoms with van der Waals surface area (Å²) < 4.78 is 0. The number of nitrogens with zero attached hydrogens (tertiary/aromatic N) is 1. The van der Waals surface area contributed by atoms with Crippen LogP contribution >= 0.6 is 35.0 Å². The summed E-state index contributed by atoms with van der Waals surface area (Å²) in [5.74, 6) is 0. The van der Waals surface area contributed by atoms with Gasteiger partial charge in [-0.05, 0) is 24.0 Å². The maximum atomic E-state index is 11.9. The van der Waals surface area contributed by atoms with Crippen molar-refractivity contribution in [3.8, 4) is 0 Å². The molecular weight excluding hydrogens is 329 g/mol. The molecule has 2 aromatic heterocycles. The van der Waals surface area contributed by atoms with E-state index in [0.29, 0.717) is 32.7 Å². The predicted octanol–water partition coefficient (Wildman–Crippen LogP) is 3.87. The third-order valence-corrected chi connectivity index (χ3v) is 4.48. The lowest BCUT2D eigenvalue weighted by Gasteiger charge is -2.03. The van der Waals surface area contributed by atoms with Crippen LogP contribution in [0.25, 0.3) is 11.0 Å². The van der Waals surface area contributed by atoms with E-state index in [1.807, 2.05) is 18.4 Å². The Morgan fingerprint density at radius 3 is 2.81 bits per heavy atom. The molecule has 0 fully saturated rings. The molecular formula is C14H11Cl2N3OS. The van der Waals surface area contributed by atoms with Crippen LogP contribution in [0.2, 0.25) is 10.0 Å². The molecule has 7 heteroatoms. The fourth-order valence-electron chi connectivity index (χ4n) is 2.15. The highest BCUT2D eigenvalue weighted by Crippen LogP contribution is 2.25. The van der Waals surface area contributed by atoms with E-state index in [2.05, 4.69) is 15.0 Å². The van der Waals surface area contributed by atoms with Crippen LogP contribution in [0, 0.1) is 0 Å². The van der Waals surface area contributed by atoms with Crippen LogP contribution < -0.4 is 5.56 Å². The fraction of sp³-hybridized carbons (Fsp3) is 0.143. The monoisotopic (exact) mass is 339 g/mol. The van der Waals surface area contributed by atoms with Crippen molar-refractivity contribution in [2.45, 2.75) is 11.6 Å². The number of aromatic nitrogens is 3. The van der Waals surface area contributed by atoms with Gasteiger partial charge in [0, 0.05) is 18.2 Å². The van der Waals surface area contributed by atoms with Gasteiger partial charge in [0.2, 0.25) is 0 Å². The second kappa shape index (κ2) is 5.75. The number of fused-ring (bicyclic) bond motifs is 1. The number of benzene rings is 1. The topological polar surface area (TPSA) is 61.5 Å². The molecule has 1 aromatic carbocycles. The zero-order valence-electron chi connectivity index (χ0n) is 11.0. The highest BCUT2D eigenvalue weighted by molar-refractivity contribution is 7.98. The number of hydrogen-bond acceptors (Lipinski definition) is 3. The molecule has 0 aliphatic rings. The van der Waals surface area contributed by atoms with Gasteiger partial charge in [0.05, 0.1) is 10.0 Å². The summed E-state index contributed by atoms with van der Waals surface area (Å²) in [5.41, 5.74) is 2.98. The van der Waals surface area contributed by atoms with Crippen LogP contribution in [0.15, 0.2) is 34.3 Å². The highest BCUT2D eigenvalue weighted by Gasteiger charge is 2.11. The van der Waals surface area contributed by atoms with E-state index >= 15 is 0 Å². The van der Waals surface area contributed by atoms with Crippen LogP contribution in [0.4, 0.5) is 0 Å². The van der Waals surface area contributed by atoms with E-state index in [0.717, 1.165) is 11.1 Å². The normalized spacial score (nSPS) is 11.2. The lowest BCUT2D eigenvalue weighted by molar-refractivity contribution is 0.972. The standard InChI is InChI=1S/C14H11Cl2N3OS/c1-21-14-18-11-8(6-17-12(11)13(20)19-14)4-7-2-3-9(15)10(16)5-7/h2-3,5-6,17H,4H2,1H3,(H,18,19,20). The van der Waals surface area contributed by atoms with Crippen LogP contribution in [0.3, 0.4) is 0 Å². The summed E-state index contributed by atoms with van der Waals surface area (Å²) in [6.07, 6.45) is 4.30. The van der Waals surface area contributed by atoms with Crippen LogP contribution in [-0.4, -0.2) is 21.2 Å². The summed E-state index contributed by atoms with van der Waals surface area (Å²) in [6.45, 7) is 0. The van der Waals surface area contributed by atoms with E-state index in [4.69, 9.17) is 23.2 Å². The quantitative estimate of drug-likeness (QED) is 0.562. The average Bonchev–Trinajstić information content (AvgIpc) is 2.86. The molecule has 108 valence electrons. The first-order chi connectivity index (χ1) is 10.1. The van der Waals surface area contributed by atoms with E-state index in [1.54, 1.807) is 12.3 Å². The molecule has 0 unspecified atom stereocenters. The summed E-state index contributed by atoms with van der Waals surface area (Å²) in [6, 6.07) is 5.50. The maximum Gasteiger partial charge on any atom is 0.275 e. The molecule has 0 aliphatic carbocycles. The molecule has 0 saturated heterocycles. The molecule has 0 radical (unpaired) electrons. The van der Waals surface area contributed by atoms with Gasteiger partial charge in [-0.3, -0.25) is 9.78 Å². The average molecular weight is 340 g/mol. The first kappa shape index (κ1) is 14.5. The van der Waals surface area contributed by atoms with E-state index in [9.17, 15) is 4.79 Å². The molecule has 0 bridgehead atoms. The Morgan fingerprint density at radius 2 is 2.10 bits per heavy atom. The number of aromatic amines is 2. The second-order valence-corrected chi connectivity index (χ2v) is 6.15. The second-order valence-electron chi connectivity index (χ2n) is 4.54. The van der Waals surface area contributed by atoms with Gasteiger partial charge in [-0.1, -0.05) is 41.0 Å². The third kappa shape index (κ3) is 2.81. The van der Waals surface area contributed by atoms with Gasteiger partial charge in [-0.25, -0.2) is 4.98 Å². The van der Waals surface area contributed by atoms with Crippen LogP contribution in [0.5, 0.6) is 0 Å². The Labute approximate surface area is 134 Å². The smallest absolute Gasteiger partial charge is 0.275 e. The maximum absolute atomic E-state index is 11.9. The molecule has 0 spiro atoms. The lowest BCUT2D eigenvalue weighted by atomic mass is 10.1. The Hall–Kier alpha value is -1.43. The van der Waals surface area contributed by atoms with Crippen molar-refractivity contribution in [2.24, 2.45) is 0 Å².